The van der Waals surface area contributed by atoms with Crippen LogP contribution in [-0.4, -0.2) is 23.4 Å². The Bertz CT molecular complexity index is 122. The minimum Gasteiger partial charge on any atom is -0.230 e. The average Bonchev–Trinajstić information content (AvgIpc) is 1.86. The predicted molar refractivity (Wildman–Crippen MR) is 34.3 cm³/mol. The van der Waals surface area contributed by atoms with Gasteiger partial charge in [-0.1, -0.05) is 0 Å². The summed E-state index contributed by atoms with van der Waals surface area (Å²) in [6, 6.07) is 0. The molecular formula is C5H10NOS+. The molecule has 0 aromatic rings. The first-order chi connectivity index (χ1) is 3.63. The Morgan fingerprint density at radius 2 is 2.38 bits per heavy atom. The highest BCUT2D eigenvalue weighted by molar-refractivity contribution is 7.74. The Hall–Kier alpha value is -0.0200. The molecule has 0 aromatic carbocycles. The maximum Gasteiger partial charge on any atom is 0.324 e. The Labute approximate surface area is 54.6 Å². The van der Waals surface area contributed by atoms with Gasteiger partial charge in [0.25, 0.3) is 0 Å². The number of thiol groups is 1. The van der Waals surface area contributed by atoms with Crippen molar-refractivity contribution in [2.24, 2.45) is 0 Å². The second kappa shape index (κ2) is 1.74. The van der Waals surface area contributed by atoms with Gasteiger partial charge in [-0.3, -0.25) is 0 Å². The second-order valence-electron chi connectivity index (χ2n) is 2.36. The predicted octanol–water partition coefficient (Wildman–Crippen LogP) is 0.598. The summed E-state index contributed by atoms with van der Waals surface area (Å²) in [7, 11) is 1.83. The van der Waals surface area contributed by atoms with Crippen molar-refractivity contribution in [3.63, 3.8) is 0 Å². The van der Waals surface area contributed by atoms with E-state index in [-0.39, 0.29) is 5.91 Å². The summed E-state index contributed by atoms with van der Waals surface area (Å²) in [4.78, 5) is 10.8. The number of carbonyl (C=O) groups excluding carboxylic acids is 1. The summed E-state index contributed by atoms with van der Waals surface area (Å²) in [6.07, 6.45) is 1.71. The van der Waals surface area contributed by atoms with E-state index in [2.05, 4.69) is 12.8 Å². The van der Waals surface area contributed by atoms with Crippen molar-refractivity contribution in [3.05, 3.63) is 0 Å². The van der Waals surface area contributed by atoms with Gasteiger partial charge in [0.05, 0.1) is 32.8 Å². The van der Waals surface area contributed by atoms with Crippen molar-refractivity contribution < 1.29 is 8.68 Å². The molecule has 1 rings (SSSR count). The van der Waals surface area contributed by atoms with Gasteiger partial charge in [-0.15, -0.1) is 0 Å². The topological polar surface area (TPSA) is 17.1 Å². The quantitative estimate of drug-likeness (QED) is 0.377. The molecule has 1 unspecified atom stereocenters. The zero-order chi connectivity index (χ0) is 6.20. The number of hydrogen-bond acceptors (Lipinski definition) is 2. The first kappa shape index (κ1) is 6.11. The van der Waals surface area contributed by atoms with E-state index in [4.69, 9.17) is 0 Å². The van der Waals surface area contributed by atoms with Crippen molar-refractivity contribution in [1.29, 1.82) is 0 Å². The zero-order valence-corrected chi connectivity index (χ0v) is 5.82. The molecule has 3 heteroatoms. The van der Waals surface area contributed by atoms with E-state index in [1.165, 1.54) is 0 Å². The van der Waals surface area contributed by atoms with E-state index in [1.807, 2.05) is 7.05 Å². The molecule has 0 radical (unpaired) electrons. The normalized spacial score (nSPS) is 38.5. The number of hydrogen-bond donors (Lipinski definition) is 1. The maximum absolute atomic E-state index is 10.8. The molecule has 1 heterocycles. The number of rotatable bonds is 0. The van der Waals surface area contributed by atoms with E-state index in [9.17, 15) is 4.79 Å². The lowest BCUT2D eigenvalue weighted by atomic mass is 10.4. The fourth-order valence-corrected chi connectivity index (χ4v) is 1.15. The third-order valence-corrected chi connectivity index (χ3v) is 1.94. The van der Waals surface area contributed by atoms with Crippen LogP contribution in [0.4, 0.5) is 0 Å². The van der Waals surface area contributed by atoms with Crippen LogP contribution >= 0.6 is 12.8 Å². The minimum atomic E-state index is 0.244. The van der Waals surface area contributed by atoms with E-state index in [0.717, 1.165) is 13.0 Å². The average molecular weight is 132 g/mol. The van der Waals surface area contributed by atoms with Crippen molar-refractivity contribution >= 4 is 18.7 Å². The summed E-state index contributed by atoms with van der Waals surface area (Å²) < 4.78 is 0.292. The van der Waals surface area contributed by atoms with Gasteiger partial charge in [0, 0.05) is 6.42 Å². The van der Waals surface area contributed by atoms with Gasteiger partial charge in [-0.05, 0) is 0 Å². The first-order valence-electron chi connectivity index (χ1n) is 2.74. The van der Waals surface area contributed by atoms with Crippen molar-refractivity contribution in [3.8, 4) is 0 Å². The van der Waals surface area contributed by atoms with E-state index < -0.39 is 0 Å². The van der Waals surface area contributed by atoms with Gasteiger partial charge in [-0.2, -0.15) is 0 Å². The molecule has 0 spiro atoms. The van der Waals surface area contributed by atoms with E-state index in [0.29, 0.717) is 10.3 Å². The van der Waals surface area contributed by atoms with Crippen LogP contribution < -0.4 is 0 Å². The fraction of sp³-hybridized carbons (Fsp3) is 0.800. The lowest BCUT2D eigenvalue weighted by Crippen LogP contribution is -2.34. The molecular weight excluding hydrogens is 122 g/mol. The van der Waals surface area contributed by atoms with Gasteiger partial charge in [0.2, 0.25) is 0 Å². The van der Waals surface area contributed by atoms with Gasteiger partial charge in [0.1, 0.15) is 0 Å². The van der Waals surface area contributed by atoms with Crippen LogP contribution in [0.25, 0.3) is 0 Å². The molecule has 0 aliphatic carbocycles. The van der Waals surface area contributed by atoms with Crippen LogP contribution in [0.5, 0.6) is 0 Å². The third kappa shape index (κ3) is 0.880. The third-order valence-electron chi connectivity index (χ3n) is 1.52. The van der Waals surface area contributed by atoms with Crippen LogP contribution in [0.15, 0.2) is 0 Å². The van der Waals surface area contributed by atoms with E-state index >= 15 is 0 Å². The lowest BCUT2D eigenvalue weighted by Gasteiger charge is -2.15. The summed E-state index contributed by atoms with van der Waals surface area (Å²) in [6.45, 7) is 0.891. The Kier molecular flexibility index (Phi) is 1.33. The van der Waals surface area contributed by atoms with Gasteiger partial charge >= 0.3 is 5.91 Å². The number of carbonyl (C=O) groups is 1. The van der Waals surface area contributed by atoms with Crippen LogP contribution in [0.2, 0.25) is 0 Å². The van der Waals surface area contributed by atoms with Gasteiger partial charge in [-0.25, -0.2) is 8.68 Å². The molecule has 0 bridgehead atoms. The molecule has 0 aromatic heterocycles. The minimum absolute atomic E-state index is 0.244. The Balaban J connectivity index is 2.68. The summed E-state index contributed by atoms with van der Waals surface area (Å²) in [5, 5.41) is 0. The summed E-state index contributed by atoms with van der Waals surface area (Å²) in [5.74, 6) is 0.244. The van der Waals surface area contributed by atoms with Crippen LogP contribution in [0.3, 0.4) is 0 Å². The van der Waals surface area contributed by atoms with Crippen LogP contribution in [0.1, 0.15) is 12.8 Å². The molecule has 1 aliphatic rings. The van der Waals surface area contributed by atoms with Crippen molar-refractivity contribution in [2.75, 3.05) is 13.6 Å². The molecule has 46 valence electrons. The monoisotopic (exact) mass is 132 g/mol. The number of nitrogens with zero attached hydrogens (tertiary/aromatic N) is 1. The number of quaternary nitrogens is 1. The summed E-state index contributed by atoms with van der Waals surface area (Å²) >= 11 is 4.13. The van der Waals surface area contributed by atoms with Crippen molar-refractivity contribution in [2.45, 2.75) is 12.8 Å². The molecule has 2 nitrogen and oxygen atoms in total. The summed E-state index contributed by atoms with van der Waals surface area (Å²) in [5.41, 5.74) is 0. The van der Waals surface area contributed by atoms with Crippen LogP contribution in [0, 0.1) is 0 Å². The van der Waals surface area contributed by atoms with Gasteiger partial charge in [0.15, 0.2) is 0 Å². The lowest BCUT2D eigenvalue weighted by molar-refractivity contribution is -0.678. The fourth-order valence-electron chi connectivity index (χ4n) is 0.904. The molecule has 1 aliphatic heterocycles. The van der Waals surface area contributed by atoms with Gasteiger partial charge < -0.3 is 0 Å². The number of amides is 1. The molecule has 0 N–H and O–H groups in total. The highest BCUT2D eigenvalue weighted by Gasteiger charge is 2.33. The molecule has 1 saturated heterocycles. The molecule has 0 saturated carbocycles. The number of likely N-dealkylation sites (tertiary alicyclic amines) is 1. The highest BCUT2D eigenvalue weighted by Crippen LogP contribution is 2.19. The zero-order valence-electron chi connectivity index (χ0n) is 4.92. The van der Waals surface area contributed by atoms with Crippen molar-refractivity contribution in [1.82, 2.24) is 0 Å². The molecule has 1 fully saturated rings. The second-order valence-corrected chi connectivity index (χ2v) is 3.24. The Morgan fingerprint density at radius 1 is 1.75 bits per heavy atom. The maximum atomic E-state index is 10.8. The molecule has 1 atom stereocenters. The first-order valence-corrected chi connectivity index (χ1v) is 3.14. The Morgan fingerprint density at radius 3 is 2.50 bits per heavy atom. The largest absolute Gasteiger partial charge is 0.324 e. The highest BCUT2D eigenvalue weighted by atomic mass is 32.1. The standard InChI is InChI=1S/C5H10NOS/c1-6(8)4-2-3-5(6)7/h8H,2-4H2,1H3/q+1. The molecule has 1 amide bonds. The van der Waals surface area contributed by atoms with Crippen LogP contribution in [-0.2, 0) is 4.79 Å². The molecule has 8 heavy (non-hydrogen) atoms. The smallest absolute Gasteiger partial charge is 0.230 e. The van der Waals surface area contributed by atoms with E-state index in [1.54, 1.807) is 0 Å². The SMILES string of the molecule is C[N+]1(S)CCCC1=O.